The summed E-state index contributed by atoms with van der Waals surface area (Å²) in [5.41, 5.74) is -2.34. The van der Waals surface area contributed by atoms with E-state index in [9.17, 15) is 9.59 Å². The number of hydrogen-bond donors (Lipinski definition) is 2. The minimum absolute atomic E-state index is 0.243. The Labute approximate surface area is 108 Å². The van der Waals surface area contributed by atoms with Crippen LogP contribution in [0.15, 0.2) is 0 Å². The first kappa shape index (κ1) is 7.37. The van der Waals surface area contributed by atoms with E-state index in [2.05, 4.69) is 10.6 Å². The average molecular weight is 247 g/mol. The Morgan fingerprint density at radius 3 is 2.25 bits per heavy atom. The first-order chi connectivity index (χ1) is 9.46. The summed E-state index contributed by atoms with van der Waals surface area (Å²) in [6, 6.07) is 0. The Morgan fingerprint density at radius 2 is 1.88 bits per heavy atom. The van der Waals surface area contributed by atoms with Crippen LogP contribution in [0.1, 0.15) is 46.8 Å². The summed E-state index contributed by atoms with van der Waals surface area (Å²) in [6.45, 7) is 0.223. The van der Waals surface area contributed by atoms with Crippen molar-refractivity contribution >= 4 is 29.1 Å². The molecule has 1 heterocycles. The molecule has 0 unspecified atom stereocenters. The van der Waals surface area contributed by atoms with E-state index < -0.39 is 36.4 Å². The van der Waals surface area contributed by atoms with Crippen molar-refractivity contribution in [3.63, 3.8) is 0 Å². The lowest BCUT2D eigenvalue weighted by molar-refractivity contribution is -0.148. The molecule has 1 rings (SSSR count). The molecule has 0 aromatic heterocycles. The van der Waals surface area contributed by atoms with E-state index >= 15 is 0 Å². The molecule has 16 heavy (non-hydrogen) atoms. The molecule has 1 aliphatic rings. The highest BCUT2D eigenvalue weighted by atomic mass is 32.1. The van der Waals surface area contributed by atoms with E-state index in [1.165, 1.54) is 0 Å². The maximum atomic E-state index is 12.4. The van der Waals surface area contributed by atoms with Crippen molar-refractivity contribution in [2.45, 2.75) is 39.9 Å². The Kier molecular flexibility index (Phi) is 2.26. The average Bonchev–Trinajstić information content (AvgIpc) is 2.31. The SMILES string of the molecule is [2H]C([2H])([2H])C([2H])([2H])C1(C(CC)CC)C(=O)NC(=S)NC1=O. The van der Waals surface area contributed by atoms with E-state index in [-0.39, 0.29) is 18.0 Å². The van der Waals surface area contributed by atoms with Crippen LogP contribution in [0.4, 0.5) is 0 Å². The van der Waals surface area contributed by atoms with Gasteiger partial charge in [-0.05, 0) is 24.5 Å². The highest BCUT2D eigenvalue weighted by Gasteiger charge is 2.52. The van der Waals surface area contributed by atoms with Crippen LogP contribution in [0.3, 0.4) is 0 Å². The van der Waals surface area contributed by atoms with Crippen LogP contribution in [-0.2, 0) is 9.59 Å². The second kappa shape index (κ2) is 4.91. The molecule has 2 amide bonds. The van der Waals surface area contributed by atoms with Gasteiger partial charge in [0, 0.05) is 6.85 Å². The molecule has 1 saturated heterocycles. The molecule has 0 aromatic rings. The van der Waals surface area contributed by atoms with Gasteiger partial charge in [-0.25, -0.2) is 0 Å². The summed E-state index contributed by atoms with van der Waals surface area (Å²) in [5, 5.41) is 4.15. The zero-order chi connectivity index (χ0) is 16.6. The van der Waals surface area contributed by atoms with Crippen molar-refractivity contribution in [1.82, 2.24) is 10.6 Å². The Balaban J connectivity index is 3.62. The van der Waals surface area contributed by atoms with E-state index in [1.54, 1.807) is 13.8 Å². The fraction of sp³-hybridized carbons (Fsp3) is 0.727. The Bertz CT molecular complexity index is 454. The zero-order valence-electron chi connectivity index (χ0n) is 14.2. The normalized spacial score (nSPS) is 25.9. The molecule has 4 nitrogen and oxygen atoms in total. The summed E-state index contributed by atoms with van der Waals surface area (Å²) < 4.78 is 38.4. The van der Waals surface area contributed by atoms with Gasteiger partial charge in [0.1, 0.15) is 5.41 Å². The molecule has 0 aliphatic carbocycles. The smallest absolute Gasteiger partial charge is 0.242 e. The molecule has 0 spiro atoms. The summed E-state index contributed by atoms with van der Waals surface area (Å²) in [7, 11) is 0. The number of carbonyl (C=O) groups is 2. The highest BCUT2D eigenvalue weighted by Crippen LogP contribution is 2.38. The highest BCUT2D eigenvalue weighted by molar-refractivity contribution is 7.80. The summed E-state index contributed by atoms with van der Waals surface area (Å²) in [5.74, 6) is -2.76. The van der Waals surface area contributed by atoms with Gasteiger partial charge in [0.25, 0.3) is 0 Å². The quantitative estimate of drug-likeness (QED) is 0.582. The summed E-state index contributed by atoms with van der Waals surface area (Å²) in [4.78, 5) is 24.9. The first-order valence-corrected chi connectivity index (χ1v) is 5.54. The van der Waals surface area contributed by atoms with Crippen molar-refractivity contribution < 1.29 is 16.4 Å². The van der Waals surface area contributed by atoms with Crippen molar-refractivity contribution in [2.75, 3.05) is 0 Å². The molecule has 0 saturated carbocycles. The number of rotatable bonds is 4. The van der Waals surface area contributed by atoms with E-state index in [0.29, 0.717) is 0 Å². The molecule has 2 N–H and O–H groups in total. The van der Waals surface area contributed by atoms with Gasteiger partial charge in [0.15, 0.2) is 5.11 Å². The van der Waals surface area contributed by atoms with Crippen LogP contribution in [0, 0.1) is 11.3 Å². The zero-order valence-corrected chi connectivity index (χ0v) is 10.0. The van der Waals surface area contributed by atoms with Gasteiger partial charge >= 0.3 is 0 Å². The van der Waals surface area contributed by atoms with Crippen LogP contribution < -0.4 is 10.6 Å². The Hall–Kier alpha value is -0.970. The number of thiocarbonyl (C=S) groups is 1. The standard InChI is InChI=1S/C11H18N2O2S/c1-4-7(5-2)11(6-3)8(14)12-10(16)13-9(11)15/h7H,4-6H2,1-3H3,(H2,12,13,14,15,16)/i3D3,6D2. The predicted octanol–water partition coefficient (Wildman–Crippen LogP) is 1.35. The van der Waals surface area contributed by atoms with Gasteiger partial charge in [-0.2, -0.15) is 0 Å². The molecule has 1 aliphatic heterocycles. The molecular weight excluding hydrogens is 224 g/mol. The minimum Gasteiger partial charge on any atom is -0.302 e. The third-order valence-electron chi connectivity index (χ3n) is 2.97. The number of amides is 2. The molecule has 0 radical (unpaired) electrons. The third kappa shape index (κ3) is 1.84. The summed E-state index contributed by atoms with van der Waals surface area (Å²) in [6.07, 6.45) is -2.47. The minimum atomic E-state index is -3.14. The van der Waals surface area contributed by atoms with Crippen molar-refractivity contribution in [1.29, 1.82) is 0 Å². The second-order valence-electron chi connectivity index (χ2n) is 3.68. The number of carbonyl (C=O) groups excluding carboxylic acids is 2. The van der Waals surface area contributed by atoms with E-state index in [4.69, 9.17) is 19.1 Å². The monoisotopic (exact) mass is 247 g/mol. The van der Waals surface area contributed by atoms with Crippen LogP contribution in [0.25, 0.3) is 0 Å². The fourth-order valence-electron chi connectivity index (χ4n) is 2.03. The Morgan fingerprint density at radius 1 is 1.38 bits per heavy atom. The van der Waals surface area contributed by atoms with Gasteiger partial charge < -0.3 is 10.6 Å². The molecular formula is C11H18N2O2S. The van der Waals surface area contributed by atoms with Crippen molar-refractivity contribution in [3.05, 3.63) is 0 Å². The maximum Gasteiger partial charge on any atom is 0.242 e. The molecule has 0 aromatic carbocycles. The van der Waals surface area contributed by atoms with Gasteiger partial charge in [0.2, 0.25) is 11.8 Å². The number of nitrogens with one attached hydrogen (secondary N) is 2. The van der Waals surface area contributed by atoms with Crippen molar-refractivity contribution in [3.8, 4) is 0 Å². The lowest BCUT2D eigenvalue weighted by atomic mass is 9.68. The first-order valence-electron chi connectivity index (χ1n) is 7.63. The third-order valence-corrected chi connectivity index (χ3v) is 3.17. The van der Waals surface area contributed by atoms with E-state index in [1.807, 2.05) is 0 Å². The van der Waals surface area contributed by atoms with Crippen LogP contribution >= 0.6 is 12.2 Å². The van der Waals surface area contributed by atoms with Crippen LogP contribution in [-0.4, -0.2) is 16.9 Å². The fourth-order valence-corrected chi connectivity index (χ4v) is 2.21. The number of hydrogen-bond acceptors (Lipinski definition) is 3. The van der Waals surface area contributed by atoms with Crippen molar-refractivity contribution in [2.24, 2.45) is 11.3 Å². The lowest BCUT2D eigenvalue weighted by Crippen LogP contribution is -2.64. The second-order valence-corrected chi connectivity index (χ2v) is 4.09. The lowest BCUT2D eigenvalue weighted by Gasteiger charge is -2.39. The molecule has 0 bridgehead atoms. The van der Waals surface area contributed by atoms with Gasteiger partial charge in [0.05, 0.1) is 0 Å². The molecule has 1 fully saturated rings. The van der Waals surface area contributed by atoms with Crippen LogP contribution in [0.5, 0.6) is 0 Å². The van der Waals surface area contributed by atoms with E-state index in [0.717, 1.165) is 0 Å². The largest absolute Gasteiger partial charge is 0.302 e. The molecule has 0 atom stereocenters. The molecule has 90 valence electrons. The summed E-state index contributed by atoms with van der Waals surface area (Å²) >= 11 is 4.71. The van der Waals surface area contributed by atoms with Gasteiger partial charge in [-0.15, -0.1) is 0 Å². The topological polar surface area (TPSA) is 58.2 Å². The molecule has 5 heteroatoms. The maximum absolute atomic E-state index is 12.4. The predicted molar refractivity (Wildman–Crippen MR) is 65.7 cm³/mol. The van der Waals surface area contributed by atoms with Gasteiger partial charge in [-0.3, -0.25) is 9.59 Å². The van der Waals surface area contributed by atoms with Crippen LogP contribution in [0.2, 0.25) is 0 Å². The van der Waals surface area contributed by atoms with Gasteiger partial charge in [-0.1, -0.05) is 33.5 Å².